The molecule has 1 aliphatic heterocycles. The molecule has 0 spiro atoms. The quantitative estimate of drug-likeness (QED) is 0.786. The number of nitrogens with zero attached hydrogens (tertiary/aromatic N) is 4. The van der Waals surface area contributed by atoms with E-state index in [2.05, 4.69) is 15.4 Å². The molecule has 2 aromatic heterocycles. The molecule has 3 heterocycles. The number of carbonyl (C=O) groups is 1. The summed E-state index contributed by atoms with van der Waals surface area (Å²) in [4.78, 5) is 19.2. The number of piperidine rings is 1. The van der Waals surface area contributed by atoms with Gasteiger partial charge in [0.05, 0.1) is 11.7 Å². The highest BCUT2D eigenvalue weighted by atomic mass is 19.1. The van der Waals surface area contributed by atoms with Gasteiger partial charge >= 0.3 is 0 Å². The van der Waals surface area contributed by atoms with Crippen molar-refractivity contribution in [3.05, 3.63) is 48.0 Å². The molecule has 7 heteroatoms. The first-order valence-corrected chi connectivity index (χ1v) is 8.66. The summed E-state index contributed by atoms with van der Waals surface area (Å²) >= 11 is 0. The monoisotopic (exact) mass is 353 g/mol. The Kier molecular flexibility index (Phi) is 4.06. The van der Waals surface area contributed by atoms with Crippen LogP contribution >= 0.6 is 0 Å². The molecule has 1 amide bonds. The van der Waals surface area contributed by atoms with Gasteiger partial charge in [0.2, 0.25) is 0 Å². The lowest BCUT2D eigenvalue weighted by Gasteiger charge is -2.33. The SMILES string of the molecule is Cc1cc(NC2CCCN(c3ccnn3C)C2=O)c2cc(F)ccc2n1. The van der Waals surface area contributed by atoms with E-state index in [9.17, 15) is 9.18 Å². The summed E-state index contributed by atoms with van der Waals surface area (Å²) in [6.45, 7) is 2.56. The van der Waals surface area contributed by atoms with Crippen molar-refractivity contribution in [2.75, 3.05) is 16.8 Å². The zero-order valence-corrected chi connectivity index (χ0v) is 14.7. The molecule has 6 nitrogen and oxygen atoms in total. The summed E-state index contributed by atoms with van der Waals surface area (Å²) in [5, 5.41) is 8.16. The number of benzene rings is 1. The minimum absolute atomic E-state index is 0.00105. The van der Waals surface area contributed by atoms with Crippen molar-refractivity contribution in [1.29, 1.82) is 0 Å². The maximum Gasteiger partial charge on any atom is 0.250 e. The Labute approximate surface area is 150 Å². The van der Waals surface area contributed by atoms with Gasteiger partial charge in [-0.2, -0.15) is 5.10 Å². The molecule has 1 aliphatic rings. The molecular formula is C19H20FN5O. The van der Waals surface area contributed by atoms with Gasteiger partial charge in [-0.25, -0.2) is 4.39 Å². The largest absolute Gasteiger partial charge is 0.373 e. The van der Waals surface area contributed by atoms with Gasteiger partial charge < -0.3 is 5.32 Å². The molecule has 134 valence electrons. The lowest BCUT2D eigenvalue weighted by molar-refractivity contribution is -0.120. The summed E-state index contributed by atoms with van der Waals surface area (Å²) in [5.74, 6) is 0.458. The average molecular weight is 353 g/mol. The van der Waals surface area contributed by atoms with Crippen LogP contribution in [-0.2, 0) is 11.8 Å². The van der Waals surface area contributed by atoms with Crippen molar-refractivity contribution >= 4 is 28.3 Å². The van der Waals surface area contributed by atoms with Gasteiger partial charge in [-0.3, -0.25) is 19.4 Å². The number of carbonyl (C=O) groups excluding carboxylic acids is 1. The molecular weight excluding hydrogens is 333 g/mol. The molecule has 1 unspecified atom stereocenters. The number of fused-ring (bicyclic) bond motifs is 1. The summed E-state index contributed by atoms with van der Waals surface area (Å²) in [7, 11) is 1.82. The number of halogens is 1. The van der Waals surface area contributed by atoms with Crippen LogP contribution in [0.5, 0.6) is 0 Å². The molecule has 1 saturated heterocycles. The van der Waals surface area contributed by atoms with Gasteiger partial charge in [0.1, 0.15) is 17.7 Å². The van der Waals surface area contributed by atoms with Crippen LogP contribution in [0.2, 0.25) is 0 Å². The third kappa shape index (κ3) is 2.89. The van der Waals surface area contributed by atoms with E-state index in [0.29, 0.717) is 17.4 Å². The Bertz CT molecular complexity index is 983. The topological polar surface area (TPSA) is 63.1 Å². The first-order chi connectivity index (χ1) is 12.5. The molecule has 3 aromatic rings. The Hall–Kier alpha value is -2.96. The molecule has 0 radical (unpaired) electrons. The number of hydrogen-bond donors (Lipinski definition) is 1. The minimum Gasteiger partial charge on any atom is -0.373 e. The first-order valence-electron chi connectivity index (χ1n) is 8.66. The Morgan fingerprint density at radius 1 is 1.27 bits per heavy atom. The molecule has 26 heavy (non-hydrogen) atoms. The number of anilines is 2. The fourth-order valence-electron chi connectivity index (χ4n) is 3.51. The molecule has 1 fully saturated rings. The molecule has 1 N–H and O–H groups in total. The number of amides is 1. The van der Waals surface area contributed by atoms with Crippen molar-refractivity contribution in [2.24, 2.45) is 7.05 Å². The summed E-state index contributed by atoms with van der Waals surface area (Å²) < 4.78 is 15.4. The molecule has 0 bridgehead atoms. The van der Waals surface area contributed by atoms with Crippen LogP contribution in [0.25, 0.3) is 10.9 Å². The normalized spacial score (nSPS) is 17.7. The smallest absolute Gasteiger partial charge is 0.250 e. The van der Waals surface area contributed by atoms with Crippen molar-refractivity contribution in [3.63, 3.8) is 0 Å². The van der Waals surface area contributed by atoms with Crippen molar-refractivity contribution in [3.8, 4) is 0 Å². The predicted molar refractivity (Wildman–Crippen MR) is 98.6 cm³/mol. The van der Waals surface area contributed by atoms with Gasteiger partial charge in [0, 0.05) is 36.4 Å². The Morgan fingerprint density at radius 3 is 2.88 bits per heavy atom. The standard InChI is InChI=1S/C19H20FN5O/c1-12-10-17(14-11-13(20)5-6-15(14)22-12)23-16-4-3-9-25(19(16)26)18-7-8-21-24(18)2/h5-8,10-11,16H,3-4,9H2,1-2H3,(H,22,23). The van der Waals surface area contributed by atoms with E-state index < -0.39 is 0 Å². The number of hydrogen-bond acceptors (Lipinski definition) is 4. The predicted octanol–water partition coefficient (Wildman–Crippen LogP) is 3.02. The van der Waals surface area contributed by atoms with Crippen LogP contribution in [0.3, 0.4) is 0 Å². The maximum atomic E-state index is 13.7. The van der Waals surface area contributed by atoms with E-state index in [-0.39, 0.29) is 17.8 Å². The molecule has 1 atom stereocenters. The summed E-state index contributed by atoms with van der Waals surface area (Å²) in [5.41, 5.74) is 2.26. The van der Waals surface area contributed by atoms with E-state index in [1.54, 1.807) is 21.8 Å². The third-order valence-electron chi connectivity index (χ3n) is 4.74. The van der Waals surface area contributed by atoms with Gasteiger partial charge in [-0.05, 0) is 44.0 Å². The van der Waals surface area contributed by atoms with E-state index in [0.717, 1.165) is 30.0 Å². The lowest BCUT2D eigenvalue weighted by atomic mass is 10.0. The van der Waals surface area contributed by atoms with Crippen LogP contribution < -0.4 is 10.2 Å². The highest BCUT2D eigenvalue weighted by molar-refractivity contribution is 6.00. The van der Waals surface area contributed by atoms with Crippen molar-refractivity contribution in [2.45, 2.75) is 25.8 Å². The zero-order chi connectivity index (χ0) is 18.3. The minimum atomic E-state index is -0.369. The van der Waals surface area contributed by atoms with Gasteiger partial charge in [0.25, 0.3) is 5.91 Å². The number of pyridine rings is 1. The highest BCUT2D eigenvalue weighted by Crippen LogP contribution is 2.28. The van der Waals surface area contributed by atoms with Crippen molar-refractivity contribution < 1.29 is 9.18 Å². The fraction of sp³-hybridized carbons (Fsp3) is 0.316. The van der Waals surface area contributed by atoms with E-state index in [1.807, 2.05) is 26.1 Å². The van der Waals surface area contributed by atoms with Crippen LogP contribution in [-0.4, -0.2) is 33.3 Å². The number of aromatic nitrogens is 3. The average Bonchev–Trinajstić information content (AvgIpc) is 3.03. The highest BCUT2D eigenvalue weighted by Gasteiger charge is 2.31. The van der Waals surface area contributed by atoms with Crippen molar-refractivity contribution in [1.82, 2.24) is 14.8 Å². The lowest BCUT2D eigenvalue weighted by Crippen LogP contribution is -2.48. The van der Waals surface area contributed by atoms with Crippen LogP contribution in [0.15, 0.2) is 36.5 Å². The summed E-state index contributed by atoms with van der Waals surface area (Å²) in [6.07, 6.45) is 3.29. The van der Waals surface area contributed by atoms with E-state index in [1.165, 1.54) is 12.1 Å². The zero-order valence-electron chi connectivity index (χ0n) is 14.7. The second kappa shape index (κ2) is 6.40. The Balaban J connectivity index is 1.67. The molecule has 0 aliphatic carbocycles. The van der Waals surface area contributed by atoms with Crippen LogP contribution in [0.1, 0.15) is 18.5 Å². The van der Waals surface area contributed by atoms with Crippen LogP contribution in [0.4, 0.5) is 15.9 Å². The molecule has 1 aromatic carbocycles. The number of rotatable bonds is 3. The summed E-state index contributed by atoms with van der Waals surface area (Å²) in [6, 6.07) is 7.84. The van der Waals surface area contributed by atoms with E-state index >= 15 is 0 Å². The second-order valence-corrected chi connectivity index (χ2v) is 6.61. The first kappa shape index (κ1) is 16.5. The molecule has 0 saturated carbocycles. The fourth-order valence-corrected chi connectivity index (χ4v) is 3.51. The Morgan fingerprint density at radius 2 is 2.12 bits per heavy atom. The molecule has 4 rings (SSSR count). The number of aryl methyl sites for hydroxylation is 2. The van der Waals surface area contributed by atoms with Gasteiger partial charge in [0.15, 0.2) is 0 Å². The number of nitrogens with one attached hydrogen (secondary N) is 1. The van der Waals surface area contributed by atoms with Crippen LogP contribution in [0, 0.1) is 12.7 Å². The van der Waals surface area contributed by atoms with E-state index in [4.69, 9.17) is 0 Å². The van der Waals surface area contributed by atoms with Gasteiger partial charge in [-0.15, -0.1) is 0 Å². The second-order valence-electron chi connectivity index (χ2n) is 6.61. The maximum absolute atomic E-state index is 13.7. The van der Waals surface area contributed by atoms with Gasteiger partial charge in [-0.1, -0.05) is 0 Å². The third-order valence-corrected chi connectivity index (χ3v) is 4.74.